The Morgan fingerprint density at radius 2 is 2.00 bits per heavy atom. The number of fused-ring (bicyclic) bond motifs is 1. The van der Waals surface area contributed by atoms with Crippen molar-refractivity contribution < 1.29 is 27.5 Å². The smallest absolute Gasteiger partial charge is 0.265 e. The number of para-hydroxylation sites is 1. The van der Waals surface area contributed by atoms with Gasteiger partial charge in [0, 0.05) is 5.56 Å². The Morgan fingerprint density at radius 1 is 1.25 bits per heavy atom. The second-order valence-electron chi connectivity index (χ2n) is 6.18. The number of hydrogen-bond acceptors (Lipinski definition) is 6. The first-order valence-electron chi connectivity index (χ1n) is 8.63. The summed E-state index contributed by atoms with van der Waals surface area (Å²) in [6.45, 7) is 1.81. The van der Waals surface area contributed by atoms with E-state index in [-0.39, 0.29) is 22.9 Å². The highest BCUT2D eigenvalue weighted by Crippen LogP contribution is 2.32. The number of methoxy groups -OCH3 is 1. The fraction of sp³-hybridized carbons (Fsp3) is 0.263. The standard InChI is InChI=1S/C19H20N2O6S/c1-3-15-19(23)20-14-11-13(8-9-17(14)27-15)28(24,25)21-18(22)10-12-6-4-5-7-16(12)26-2/h4-9,11,15H,3,10H2,1-2H3,(H,20,23)(H,21,22)/t15-/m1/s1. The van der Waals surface area contributed by atoms with Gasteiger partial charge in [-0.05, 0) is 30.7 Å². The molecule has 2 aromatic carbocycles. The number of sulfonamides is 1. The van der Waals surface area contributed by atoms with Crippen molar-refractivity contribution in [1.82, 2.24) is 4.72 Å². The summed E-state index contributed by atoms with van der Waals surface area (Å²) in [6.07, 6.45) is -0.285. The van der Waals surface area contributed by atoms with E-state index in [1.807, 2.05) is 11.6 Å². The van der Waals surface area contributed by atoms with Gasteiger partial charge in [-0.3, -0.25) is 9.59 Å². The predicted molar refractivity (Wildman–Crippen MR) is 102 cm³/mol. The molecule has 0 fully saturated rings. The van der Waals surface area contributed by atoms with E-state index in [2.05, 4.69) is 5.32 Å². The van der Waals surface area contributed by atoms with Gasteiger partial charge in [-0.2, -0.15) is 0 Å². The van der Waals surface area contributed by atoms with E-state index in [9.17, 15) is 18.0 Å². The highest BCUT2D eigenvalue weighted by Gasteiger charge is 2.28. The first kappa shape index (κ1) is 19.7. The summed E-state index contributed by atoms with van der Waals surface area (Å²) in [5.41, 5.74) is 0.809. The average Bonchev–Trinajstić information content (AvgIpc) is 2.66. The molecule has 0 aliphatic carbocycles. The molecule has 0 radical (unpaired) electrons. The highest BCUT2D eigenvalue weighted by molar-refractivity contribution is 7.90. The molecule has 1 heterocycles. The van der Waals surface area contributed by atoms with Crippen LogP contribution in [0.4, 0.5) is 5.69 Å². The molecule has 2 N–H and O–H groups in total. The Hall–Kier alpha value is -3.07. The number of carbonyl (C=O) groups excluding carboxylic acids is 2. The van der Waals surface area contributed by atoms with Crippen LogP contribution < -0.4 is 19.5 Å². The summed E-state index contributed by atoms with van der Waals surface area (Å²) in [7, 11) is -2.64. The number of anilines is 1. The zero-order valence-corrected chi connectivity index (χ0v) is 16.2. The van der Waals surface area contributed by atoms with Gasteiger partial charge in [0.1, 0.15) is 11.5 Å². The lowest BCUT2D eigenvalue weighted by Crippen LogP contribution is -2.36. The molecule has 28 heavy (non-hydrogen) atoms. The van der Waals surface area contributed by atoms with Gasteiger partial charge in [0.25, 0.3) is 15.9 Å². The second-order valence-corrected chi connectivity index (χ2v) is 7.86. The Morgan fingerprint density at radius 3 is 2.71 bits per heavy atom. The van der Waals surface area contributed by atoms with Crippen LogP contribution in [-0.4, -0.2) is 33.4 Å². The molecule has 2 aromatic rings. The molecule has 9 heteroatoms. The third-order valence-electron chi connectivity index (χ3n) is 4.24. The minimum absolute atomic E-state index is 0.154. The van der Waals surface area contributed by atoms with E-state index in [0.717, 1.165) is 0 Å². The molecule has 0 saturated carbocycles. The minimum atomic E-state index is -4.12. The van der Waals surface area contributed by atoms with E-state index in [0.29, 0.717) is 23.5 Å². The first-order chi connectivity index (χ1) is 13.3. The van der Waals surface area contributed by atoms with Crippen LogP contribution >= 0.6 is 0 Å². The highest BCUT2D eigenvalue weighted by atomic mass is 32.2. The molecule has 0 bridgehead atoms. The van der Waals surface area contributed by atoms with Crippen LogP contribution in [0.3, 0.4) is 0 Å². The second kappa shape index (κ2) is 7.89. The van der Waals surface area contributed by atoms with Crippen molar-refractivity contribution in [2.24, 2.45) is 0 Å². The topological polar surface area (TPSA) is 111 Å². The van der Waals surface area contributed by atoms with Crippen molar-refractivity contribution in [3.8, 4) is 11.5 Å². The maximum Gasteiger partial charge on any atom is 0.265 e. The molecular weight excluding hydrogens is 384 g/mol. The monoisotopic (exact) mass is 404 g/mol. The van der Waals surface area contributed by atoms with E-state index in [1.165, 1.54) is 25.3 Å². The van der Waals surface area contributed by atoms with Crippen molar-refractivity contribution in [1.29, 1.82) is 0 Å². The van der Waals surface area contributed by atoms with Crippen LogP contribution in [0.2, 0.25) is 0 Å². The quantitative estimate of drug-likeness (QED) is 0.760. The van der Waals surface area contributed by atoms with Gasteiger partial charge in [-0.1, -0.05) is 25.1 Å². The Kier molecular flexibility index (Phi) is 5.55. The molecule has 0 aromatic heterocycles. The van der Waals surface area contributed by atoms with Crippen LogP contribution in [0, 0.1) is 0 Å². The maximum atomic E-state index is 12.6. The van der Waals surface area contributed by atoms with Gasteiger partial charge in [-0.15, -0.1) is 0 Å². The van der Waals surface area contributed by atoms with E-state index in [1.54, 1.807) is 24.3 Å². The van der Waals surface area contributed by atoms with Crippen LogP contribution in [0.25, 0.3) is 0 Å². The van der Waals surface area contributed by atoms with Gasteiger partial charge >= 0.3 is 0 Å². The fourth-order valence-electron chi connectivity index (χ4n) is 2.83. The maximum absolute atomic E-state index is 12.6. The lowest BCUT2D eigenvalue weighted by atomic mass is 10.1. The van der Waals surface area contributed by atoms with Crippen LogP contribution in [-0.2, 0) is 26.0 Å². The van der Waals surface area contributed by atoms with Crippen molar-refractivity contribution in [2.75, 3.05) is 12.4 Å². The Labute approximate surface area is 162 Å². The van der Waals surface area contributed by atoms with E-state index in [4.69, 9.17) is 9.47 Å². The molecular formula is C19H20N2O6S. The third-order valence-corrected chi connectivity index (χ3v) is 5.61. The summed E-state index contributed by atoms with van der Waals surface area (Å²) in [5, 5.41) is 2.62. The van der Waals surface area contributed by atoms with Crippen LogP contribution in [0.1, 0.15) is 18.9 Å². The number of carbonyl (C=O) groups is 2. The van der Waals surface area contributed by atoms with Crippen molar-refractivity contribution >= 4 is 27.5 Å². The first-order valence-corrected chi connectivity index (χ1v) is 10.1. The molecule has 3 rings (SSSR count). The minimum Gasteiger partial charge on any atom is -0.496 e. The fourth-order valence-corrected chi connectivity index (χ4v) is 3.84. The molecule has 1 aliphatic heterocycles. The summed E-state index contributed by atoms with van der Waals surface area (Å²) >= 11 is 0. The Balaban J connectivity index is 1.77. The molecule has 0 unspecified atom stereocenters. The summed E-state index contributed by atoms with van der Waals surface area (Å²) in [6, 6.07) is 10.9. The summed E-state index contributed by atoms with van der Waals surface area (Å²) in [5.74, 6) is -0.168. The van der Waals surface area contributed by atoms with Gasteiger partial charge in [0.2, 0.25) is 5.91 Å². The largest absolute Gasteiger partial charge is 0.496 e. The molecule has 1 aliphatic rings. The normalized spacial score (nSPS) is 15.8. The number of hydrogen-bond donors (Lipinski definition) is 2. The average molecular weight is 404 g/mol. The molecule has 0 spiro atoms. The number of amides is 2. The lowest BCUT2D eigenvalue weighted by molar-refractivity contribution is -0.123. The van der Waals surface area contributed by atoms with E-state index >= 15 is 0 Å². The zero-order chi connectivity index (χ0) is 20.3. The number of ether oxygens (including phenoxy) is 2. The molecule has 1 atom stereocenters. The molecule has 148 valence electrons. The summed E-state index contributed by atoms with van der Waals surface area (Å²) < 4.78 is 37.9. The summed E-state index contributed by atoms with van der Waals surface area (Å²) in [4.78, 5) is 24.0. The predicted octanol–water partition coefficient (Wildman–Crippen LogP) is 1.85. The lowest BCUT2D eigenvalue weighted by Gasteiger charge is -2.25. The number of rotatable bonds is 6. The zero-order valence-electron chi connectivity index (χ0n) is 15.4. The van der Waals surface area contributed by atoms with Gasteiger partial charge in [0.05, 0.1) is 24.1 Å². The van der Waals surface area contributed by atoms with Crippen molar-refractivity contribution in [3.63, 3.8) is 0 Å². The van der Waals surface area contributed by atoms with Crippen molar-refractivity contribution in [3.05, 3.63) is 48.0 Å². The molecule has 2 amide bonds. The SMILES string of the molecule is CC[C@H]1Oc2ccc(S(=O)(=O)NC(=O)Cc3ccccc3OC)cc2NC1=O. The van der Waals surface area contributed by atoms with Gasteiger partial charge < -0.3 is 14.8 Å². The van der Waals surface area contributed by atoms with Gasteiger partial charge in [0.15, 0.2) is 6.10 Å². The molecule has 8 nitrogen and oxygen atoms in total. The van der Waals surface area contributed by atoms with Crippen LogP contribution in [0.15, 0.2) is 47.4 Å². The van der Waals surface area contributed by atoms with Gasteiger partial charge in [-0.25, -0.2) is 13.1 Å². The van der Waals surface area contributed by atoms with E-state index < -0.39 is 22.0 Å². The third kappa shape index (κ3) is 4.09. The number of benzene rings is 2. The Bertz CT molecular complexity index is 1020. The van der Waals surface area contributed by atoms with Crippen molar-refractivity contribution in [2.45, 2.75) is 30.8 Å². The number of nitrogens with one attached hydrogen (secondary N) is 2. The van der Waals surface area contributed by atoms with Crippen LogP contribution in [0.5, 0.6) is 11.5 Å². The molecule has 0 saturated heterocycles.